The molecule has 11 heteroatoms. The van der Waals surface area contributed by atoms with Crippen LogP contribution in [0.15, 0.2) is 41.3 Å². The normalized spacial score (nSPS) is 12.9. The molecule has 0 aromatic heterocycles. The molecule has 7 N–H and O–H groups in total. The number of carbonyl (C=O) groups is 2. The second kappa shape index (κ2) is 6.97. The number of phenolic OH excluding ortho intramolecular Hbond substituents is 2. The molecule has 3 aromatic rings. The fraction of sp³-hybridized carbons (Fsp3) is 0.0476. The molecular formula is C21H16N2O8S. The highest BCUT2D eigenvalue weighted by Crippen LogP contribution is 2.46. The fourth-order valence-electron chi connectivity index (χ4n) is 3.73. The van der Waals surface area contributed by atoms with E-state index >= 15 is 0 Å². The Labute approximate surface area is 181 Å². The molecule has 0 unspecified atom stereocenters. The van der Waals surface area contributed by atoms with E-state index in [4.69, 9.17) is 16.2 Å². The van der Waals surface area contributed by atoms with E-state index in [1.54, 1.807) is 24.3 Å². The van der Waals surface area contributed by atoms with Gasteiger partial charge in [-0.05, 0) is 29.8 Å². The van der Waals surface area contributed by atoms with Gasteiger partial charge in [0.2, 0.25) is 11.6 Å². The van der Waals surface area contributed by atoms with Crippen LogP contribution in [0.2, 0.25) is 0 Å². The summed E-state index contributed by atoms with van der Waals surface area (Å²) in [5.74, 6) is -3.10. The van der Waals surface area contributed by atoms with Gasteiger partial charge in [-0.15, -0.1) is 0 Å². The highest BCUT2D eigenvalue weighted by molar-refractivity contribution is 7.86. The van der Waals surface area contributed by atoms with E-state index < -0.39 is 66.0 Å². The number of aromatic hydroxyl groups is 2. The third-order valence-corrected chi connectivity index (χ3v) is 6.08. The Balaban J connectivity index is 2.01. The average Bonchev–Trinajstić information content (AvgIpc) is 2.73. The van der Waals surface area contributed by atoms with Crippen LogP contribution in [-0.2, 0) is 10.1 Å². The number of rotatable bonds is 3. The Bertz CT molecular complexity index is 1440. The van der Waals surface area contributed by atoms with Gasteiger partial charge in [0.25, 0.3) is 10.1 Å². The van der Waals surface area contributed by atoms with Gasteiger partial charge in [-0.1, -0.05) is 12.1 Å². The SMILES string of the molecule is COc1ccc(-c2cc(N)c3c(c2O)C(=O)c2c(N)cc(S(=O)(=O)O)c(O)c2C3=O)cc1. The number of carbonyl (C=O) groups excluding carboxylic acids is 2. The summed E-state index contributed by atoms with van der Waals surface area (Å²) in [5.41, 5.74) is 9.72. The van der Waals surface area contributed by atoms with Crippen LogP contribution in [0.1, 0.15) is 31.8 Å². The fourth-order valence-corrected chi connectivity index (χ4v) is 4.35. The first-order valence-corrected chi connectivity index (χ1v) is 10.4. The Kier molecular flexibility index (Phi) is 4.61. The quantitative estimate of drug-likeness (QED) is 0.173. The number of anilines is 2. The Morgan fingerprint density at radius 1 is 0.812 bits per heavy atom. The number of phenols is 2. The van der Waals surface area contributed by atoms with E-state index in [0.29, 0.717) is 17.4 Å². The summed E-state index contributed by atoms with van der Waals surface area (Å²) in [6.45, 7) is 0. The van der Waals surface area contributed by atoms with Crippen molar-refractivity contribution in [2.24, 2.45) is 0 Å². The van der Waals surface area contributed by atoms with Crippen molar-refractivity contribution in [3.8, 4) is 28.4 Å². The minimum atomic E-state index is -4.96. The van der Waals surface area contributed by atoms with Gasteiger partial charge in [0.1, 0.15) is 22.1 Å². The van der Waals surface area contributed by atoms with Crippen molar-refractivity contribution in [1.82, 2.24) is 0 Å². The van der Waals surface area contributed by atoms with Gasteiger partial charge in [-0.25, -0.2) is 0 Å². The van der Waals surface area contributed by atoms with Crippen LogP contribution in [0.25, 0.3) is 11.1 Å². The van der Waals surface area contributed by atoms with Gasteiger partial charge in [-0.3, -0.25) is 14.1 Å². The molecule has 0 heterocycles. The molecule has 1 aliphatic rings. The number of nitrogens with two attached hydrogens (primary N) is 2. The number of ether oxygens (including phenoxy) is 1. The smallest absolute Gasteiger partial charge is 0.298 e. The number of hydrogen-bond acceptors (Lipinski definition) is 9. The number of hydrogen-bond donors (Lipinski definition) is 5. The van der Waals surface area contributed by atoms with Gasteiger partial charge >= 0.3 is 0 Å². The first-order valence-electron chi connectivity index (χ1n) is 8.99. The lowest BCUT2D eigenvalue weighted by atomic mass is 9.80. The predicted molar refractivity (Wildman–Crippen MR) is 114 cm³/mol. The molecule has 4 rings (SSSR count). The third-order valence-electron chi connectivity index (χ3n) is 5.21. The summed E-state index contributed by atoms with van der Waals surface area (Å²) < 4.78 is 37.6. The summed E-state index contributed by atoms with van der Waals surface area (Å²) in [4.78, 5) is 25.4. The van der Waals surface area contributed by atoms with Crippen LogP contribution in [-0.4, -0.2) is 41.9 Å². The monoisotopic (exact) mass is 456 g/mol. The Hall–Kier alpha value is -4.09. The Morgan fingerprint density at radius 2 is 1.31 bits per heavy atom. The Morgan fingerprint density at radius 3 is 1.81 bits per heavy atom. The van der Waals surface area contributed by atoms with Crippen molar-refractivity contribution >= 4 is 33.1 Å². The van der Waals surface area contributed by atoms with Gasteiger partial charge in [0.05, 0.1) is 29.4 Å². The van der Waals surface area contributed by atoms with Crippen LogP contribution >= 0.6 is 0 Å². The largest absolute Gasteiger partial charge is 0.506 e. The molecule has 0 bridgehead atoms. The molecule has 10 nitrogen and oxygen atoms in total. The number of benzene rings is 3. The second-order valence-electron chi connectivity index (χ2n) is 7.04. The van der Waals surface area contributed by atoms with Crippen LogP contribution in [0, 0.1) is 0 Å². The van der Waals surface area contributed by atoms with E-state index in [1.165, 1.54) is 13.2 Å². The summed E-state index contributed by atoms with van der Waals surface area (Å²) in [7, 11) is -3.47. The summed E-state index contributed by atoms with van der Waals surface area (Å²) >= 11 is 0. The lowest BCUT2D eigenvalue weighted by Gasteiger charge is -2.24. The van der Waals surface area contributed by atoms with E-state index in [2.05, 4.69) is 0 Å². The zero-order valence-electron chi connectivity index (χ0n) is 16.4. The van der Waals surface area contributed by atoms with E-state index in [9.17, 15) is 32.8 Å². The minimum absolute atomic E-state index is 0.158. The van der Waals surface area contributed by atoms with Crippen LogP contribution in [0.3, 0.4) is 0 Å². The van der Waals surface area contributed by atoms with Crippen molar-refractivity contribution in [2.75, 3.05) is 18.6 Å². The molecule has 0 spiro atoms. The lowest BCUT2D eigenvalue weighted by Crippen LogP contribution is -2.25. The molecule has 0 aliphatic heterocycles. The van der Waals surface area contributed by atoms with Crippen molar-refractivity contribution < 1.29 is 37.5 Å². The van der Waals surface area contributed by atoms with Crippen molar-refractivity contribution in [2.45, 2.75) is 4.90 Å². The summed E-state index contributed by atoms with van der Waals surface area (Å²) in [6, 6.07) is 8.41. The topological polar surface area (TPSA) is 190 Å². The molecule has 0 saturated heterocycles. The molecule has 0 amide bonds. The molecule has 32 heavy (non-hydrogen) atoms. The zero-order chi connectivity index (χ0) is 23.5. The highest BCUT2D eigenvalue weighted by atomic mass is 32.2. The molecule has 1 aliphatic carbocycles. The standard InChI is InChI=1S/C21H16N2O8S/c1-31-9-4-2-8(3-5-9)10-6-11(22)14-16(18(10)24)20(26)15-12(23)7-13(32(28,29)30)19(25)17(15)21(14)27/h2-7,24-25H,22-23H2,1H3,(H,28,29,30). The number of fused-ring (bicyclic) bond motifs is 2. The van der Waals surface area contributed by atoms with Crippen molar-refractivity contribution in [3.63, 3.8) is 0 Å². The molecule has 3 aromatic carbocycles. The third kappa shape index (κ3) is 2.94. The second-order valence-corrected chi connectivity index (χ2v) is 8.43. The van der Waals surface area contributed by atoms with Crippen LogP contribution in [0.5, 0.6) is 17.2 Å². The van der Waals surface area contributed by atoms with Crippen LogP contribution in [0.4, 0.5) is 11.4 Å². The molecule has 0 radical (unpaired) electrons. The van der Waals surface area contributed by atoms with Gasteiger partial charge in [0.15, 0.2) is 0 Å². The molecule has 164 valence electrons. The van der Waals surface area contributed by atoms with Crippen molar-refractivity contribution in [3.05, 3.63) is 58.7 Å². The van der Waals surface area contributed by atoms with Gasteiger partial charge in [-0.2, -0.15) is 8.42 Å². The average molecular weight is 456 g/mol. The number of ketones is 2. The molecule has 0 atom stereocenters. The minimum Gasteiger partial charge on any atom is -0.506 e. The predicted octanol–water partition coefficient (Wildman–Crippen LogP) is 1.96. The van der Waals surface area contributed by atoms with E-state index in [0.717, 1.165) is 0 Å². The van der Waals surface area contributed by atoms with E-state index in [-0.39, 0.29) is 11.3 Å². The highest BCUT2D eigenvalue weighted by Gasteiger charge is 2.40. The van der Waals surface area contributed by atoms with E-state index in [1.807, 2.05) is 0 Å². The zero-order valence-corrected chi connectivity index (χ0v) is 17.2. The van der Waals surface area contributed by atoms with Gasteiger partial charge in [0, 0.05) is 16.9 Å². The van der Waals surface area contributed by atoms with Gasteiger partial charge < -0.3 is 26.4 Å². The molecular weight excluding hydrogens is 440 g/mol. The summed E-state index contributed by atoms with van der Waals surface area (Å²) in [5, 5.41) is 21.3. The molecule has 0 saturated carbocycles. The maximum absolute atomic E-state index is 13.3. The van der Waals surface area contributed by atoms with Crippen molar-refractivity contribution in [1.29, 1.82) is 0 Å². The first kappa shape index (κ1) is 21.2. The molecule has 0 fully saturated rings. The first-order chi connectivity index (χ1) is 15.0. The maximum Gasteiger partial charge on any atom is 0.298 e. The summed E-state index contributed by atoms with van der Waals surface area (Å²) in [6.07, 6.45) is 0. The van der Waals surface area contributed by atoms with Crippen LogP contribution < -0.4 is 16.2 Å². The number of methoxy groups -OCH3 is 1. The number of nitrogen functional groups attached to an aromatic ring is 2. The lowest BCUT2D eigenvalue weighted by molar-refractivity contribution is 0.0975. The maximum atomic E-state index is 13.3.